The Kier molecular flexibility index (Phi) is 5.11. The molecular formula is C16H16N2O4. The lowest BCUT2D eigenvalue weighted by molar-refractivity contribution is -0.129. The number of nitrogens with one attached hydrogen (secondary N) is 1. The third-order valence-electron chi connectivity index (χ3n) is 2.96. The number of hydrogen-bond acceptors (Lipinski definition) is 5. The molecule has 0 radical (unpaired) electrons. The van der Waals surface area contributed by atoms with Crippen molar-refractivity contribution in [3.8, 4) is 11.5 Å². The largest absolute Gasteiger partial charge is 0.508 e. The number of aliphatic hydroxyl groups is 1. The van der Waals surface area contributed by atoms with Crippen LogP contribution in [-0.4, -0.2) is 29.4 Å². The highest BCUT2D eigenvalue weighted by molar-refractivity contribution is 5.87. The number of methoxy groups -OCH3 is 1. The van der Waals surface area contributed by atoms with E-state index in [0.717, 1.165) is 0 Å². The molecule has 0 saturated carbocycles. The number of amides is 1. The van der Waals surface area contributed by atoms with Crippen LogP contribution < -0.4 is 10.2 Å². The second-order valence-corrected chi connectivity index (χ2v) is 4.47. The summed E-state index contributed by atoms with van der Waals surface area (Å²) >= 11 is 0. The number of hydrazone groups is 1. The highest BCUT2D eigenvalue weighted by Gasteiger charge is 2.16. The van der Waals surface area contributed by atoms with Gasteiger partial charge in [0.1, 0.15) is 11.5 Å². The number of benzene rings is 2. The molecule has 0 aromatic heterocycles. The standard InChI is InChI=1S/C16H16N2O4/c1-22-14-9-13(19)8-7-12(14)10-17-18-16(21)15(20)11-5-3-2-4-6-11/h2-10,15,19-20H,1H3,(H,18,21). The Morgan fingerprint density at radius 3 is 2.68 bits per heavy atom. The Morgan fingerprint density at radius 1 is 1.27 bits per heavy atom. The third kappa shape index (κ3) is 3.83. The second-order valence-electron chi connectivity index (χ2n) is 4.47. The van der Waals surface area contributed by atoms with Gasteiger partial charge in [0.15, 0.2) is 6.10 Å². The number of hydrogen-bond donors (Lipinski definition) is 3. The molecule has 6 heteroatoms. The lowest BCUT2D eigenvalue weighted by atomic mass is 10.1. The summed E-state index contributed by atoms with van der Waals surface area (Å²) in [5.41, 5.74) is 3.32. The average molecular weight is 300 g/mol. The van der Waals surface area contributed by atoms with Gasteiger partial charge in [-0.15, -0.1) is 0 Å². The van der Waals surface area contributed by atoms with Crippen molar-refractivity contribution in [3.63, 3.8) is 0 Å². The highest BCUT2D eigenvalue weighted by atomic mass is 16.5. The molecule has 22 heavy (non-hydrogen) atoms. The number of ether oxygens (including phenoxy) is 1. The predicted octanol–water partition coefficient (Wildman–Crippen LogP) is 1.58. The van der Waals surface area contributed by atoms with Crippen LogP contribution in [-0.2, 0) is 4.79 Å². The number of carbonyl (C=O) groups excluding carboxylic acids is 1. The van der Waals surface area contributed by atoms with Gasteiger partial charge in [0.25, 0.3) is 5.91 Å². The number of nitrogens with zero attached hydrogens (tertiary/aromatic N) is 1. The van der Waals surface area contributed by atoms with Crippen LogP contribution >= 0.6 is 0 Å². The van der Waals surface area contributed by atoms with Gasteiger partial charge in [0.2, 0.25) is 0 Å². The lowest BCUT2D eigenvalue weighted by Gasteiger charge is -2.09. The van der Waals surface area contributed by atoms with Crippen LogP contribution in [0.3, 0.4) is 0 Å². The zero-order valence-corrected chi connectivity index (χ0v) is 11.9. The number of phenolic OH excluding ortho intramolecular Hbond substituents is 1. The van der Waals surface area contributed by atoms with Crippen LogP contribution in [0.4, 0.5) is 0 Å². The summed E-state index contributed by atoms with van der Waals surface area (Å²) in [7, 11) is 1.46. The molecule has 1 amide bonds. The average Bonchev–Trinajstić information content (AvgIpc) is 2.56. The maximum absolute atomic E-state index is 11.8. The Balaban J connectivity index is 2.02. The molecule has 3 N–H and O–H groups in total. The van der Waals surface area contributed by atoms with E-state index in [0.29, 0.717) is 16.9 Å². The fourth-order valence-electron chi connectivity index (χ4n) is 1.82. The molecule has 0 spiro atoms. The van der Waals surface area contributed by atoms with E-state index in [9.17, 15) is 15.0 Å². The molecule has 0 aliphatic carbocycles. The molecule has 2 rings (SSSR count). The fourth-order valence-corrected chi connectivity index (χ4v) is 1.82. The molecule has 2 aromatic carbocycles. The summed E-state index contributed by atoms with van der Waals surface area (Å²) in [6.07, 6.45) is 0.0773. The van der Waals surface area contributed by atoms with E-state index in [1.165, 1.54) is 25.5 Å². The Labute approximate surface area is 127 Å². The number of rotatable bonds is 5. The molecule has 1 unspecified atom stereocenters. The van der Waals surface area contributed by atoms with Gasteiger partial charge < -0.3 is 14.9 Å². The summed E-state index contributed by atoms with van der Waals surface area (Å²) in [6.45, 7) is 0. The zero-order chi connectivity index (χ0) is 15.9. The summed E-state index contributed by atoms with van der Waals surface area (Å²) in [5, 5.41) is 23.0. The third-order valence-corrected chi connectivity index (χ3v) is 2.96. The second kappa shape index (κ2) is 7.24. The van der Waals surface area contributed by atoms with Gasteiger partial charge in [-0.2, -0.15) is 5.10 Å². The lowest BCUT2D eigenvalue weighted by Crippen LogP contribution is -2.25. The van der Waals surface area contributed by atoms with E-state index < -0.39 is 12.0 Å². The molecule has 0 fully saturated rings. The monoisotopic (exact) mass is 300 g/mol. The first-order valence-corrected chi connectivity index (χ1v) is 6.54. The van der Waals surface area contributed by atoms with Crippen molar-refractivity contribution in [3.05, 3.63) is 59.7 Å². The van der Waals surface area contributed by atoms with E-state index >= 15 is 0 Å². The minimum atomic E-state index is -1.29. The number of carbonyl (C=O) groups is 1. The molecule has 0 bridgehead atoms. The minimum Gasteiger partial charge on any atom is -0.508 e. The van der Waals surface area contributed by atoms with E-state index in [1.807, 2.05) is 0 Å². The zero-order valence-electron chi connectivity index (χ0n) is 11.9. The number of aromatic hydroxyl groups is 1. The Bertz CT molecular complexity index is 671. The molecule has 1 atom stereocenters. The maximum atomic E-state index is 11.8. The predicted molar refractivity (Wildman–Crippen MR) is 81.8 cm³/mol. The topological polar surface area (TPSA) is 91.2 Å². The van der Waals surface area contributed by atoms with Crippen LogP contribution in [0.25, 0.3) is 0 Å². The molecule has 2 aromatic rings. The first-order chi connectivity index (χ1) is 10.6. The SMILES string of the molecule is COc1cc(O)ccc1C=NNC(=O)C(O)c1ccccc1. The van der Waals surface area contributed by atoms with Crippen LogP contribution in [0, 0.1) is 0 Å². The summed E-state index contributed by atoms with van der Waals surface area (Å²) < 4.78 is 5.09. The quantitative estimate of drug-likeness (QED) is 0.577. The molecule has 114 valence electrons. The highest BCUT2D eigenvalue weighted by Crippen LogP contribution is 2.22. The van der Waals surface area contributed by atoms with Gasteiger partial charge in [-0.1, -0.05) is 30.3 Å². The van der Waals surface area contributed by atoms with Crippen molar-refractivity contribution in [2.45, 2.75) is 6.10 Å². The van der Waals surface area contributed by atoms with Crippen molar-refractivity contribution in [1.82, 2.24) is 5.43 Å². The van der Waals surface area contributed by atoms with Crippen molar-refractivity contribution >= 4 is 12.1 Å². The van der Waals surface area contributed by atoms with E-state index in [2.05, 4.69) is 10.5 Å². The van der Waals surface area contributed by atoms with Crippen molar-refractivity contribution < 1.29 is 19.7 Å². The van der Waals surface area contributed by atoms with Gasteiger partial charge in [-0.3, -0.25) is 4.79 Å². The first-order valence-electron chi connectivity index (χ1n) is 6.54. The molecule has 6 nitrogen and oxygen atoms in total. The first kappa shape index (κ1) is 15.5. The van der Waals surface area contributed by atoms with Gasteiger partial charge in [0, 0.05) is 11.6 Å². The van der Waals surface area contributed by atoms with Crippen LogP contribution in [0.15, 0.2) is 53.6 Å². The number of aliphatic hydroxyl groups excluding tert-OH is 1. The minimum absolute atomic E-state index is 0.0672. The van der Waals surface area contributed by atoms with Crippen molar-refractivity contribution in [1.29, 1.82) is 0 Å². The molecular weight excluding hydrogens is 284 g/mol. The van der Waals surface area contributed by atoms with Crippen molar-refractivity contribution in [2.75, 3.05) is 7.11 Å². The van der Waals surface area contributed by atoms with Crippen molar-refractivity contribution in [2.24, 2.45) is 5.10 Å². The Hall–Kier alpha value is -2.86. The molecule has 0 heterocycles. The van der Waals surface area contributed by atoms with Gasteiger partial charge in [-0.25, -0.2) is 5.43 Å². The van der Waals surface area contributed by atoms with Crippen LogP contribution in [0.1, 0.15) is 17.2 Å². The normalized spacial score (nSPS) is 12.1. The number of phenols is 1. The van der Waals surface area contributed by atoms with E-state index in [4.69, 9.17) is 4.74 Å². The van der Waals surface area contributed by atoms with Crippen LogP contribution in [0.5, 0.6) is 11.5 Å². The molecule has 0 aliphatic rings. The summed E-state index contributed by atoms with van der Waals surface area (Å²) in [5.74, 6) is -0.153. The maximum Gasteiger partial charge on any atom is 0.273 e. The molecule has 0 aliphatic heterocycles. The van der Waals surface area contributed by atoms with Crippen LogP contribution in [0.2, 0.25) is 0 Å². The molecule has 0 saturated heterocycles. The fraction of sp³-hybridized carbons (Fsp3) is 0.125. The van der Waals surface area contributed by atoms with E-state index in [1.54, 1.807) is 36.4 Å². The van der Waals surface area contributed by atoms with Gasteiger partial charge >= 0.3 is 0 Å². The smallest absolute Gasteiger partial charge is 0.273 e. The van der Waals surface area contributed by atoms with Gasteiger partial charge in [-0.05, 0) is 17.7 Å². The summed E-state index contributed by atoms with van der Waals surface area (Å²) in [4.78, 5) is 11.8. The van der Waals surface area contributed by atoms with Gasteiger partial charge in [0.05, 0.1) is 13.3 Å². The Morgan fingerprint density at radius 2 is 2.00 bits per heavy atom. The summed E-state index contributed by atoms with van der Waals surface area (Å²) in [6, 6.07) is 13.1. The van der Waals surface area contributed by atoms with E-state index in [-0.39, 0.29) is 5.75 Å².